The van der Waals surface area contributed by atoms with Crippen LogP contribution in [0.15, 0.2) is 18.3 Å². The fourth-order valence-corrected chi connectivity index (χ4v) is 3.89. The molecule has 1 saturated heterocycles. The molecule has 3 rings (SSSR count). The average molecular weight is 288 g/mol. The molecule has 116 valence electrons. The van der Waals surface area contributed by atoms with Crippen molar-refractivity contribution in [1.82, 2.24) is 9.88 Å². The second kappa shape index (κ2) is 6.65. The lowest BCUT2D eigenvalue weighted by Crippen LogP contribution is -2.51. The van der Waals surface area contributed by atoms with Crippen LogP contribution in [-0.2, 0) is 0 Å². The molecule has 0 amide bonds. The summed E-state index contributed by atoms with van der Waals surface area (Å²) < 4.78 is 0. The zero-order valence-electron chi connectivity index (χ0n) is 13.2. The van der Waals surface area contributed by atoms with Crippen LogP contribution in [0.3, 0.4) is 0 Å². The third-order valence-electron chi connectivity index (χ3n) is 5.30. The average Bonchev–Trinajstić information content (AvgIpc) is 2.56. The largest absolute Gasteiger partial charge is 0.384 e. The number of pyridine rings is 1. The van der Waals surface area contributed by atoms with Gasteiger partial charge >= 0.3 is 0 Å². The van der Waals surface area contributed by atoms with E-state index in [1.165, 1.54) is 50.9 Å². The van der Waals surface area contributed by atoms with Gasteiger partial charge in [-0.05, 0) is 30.9 Å². The van der Waals surface area contributed by atoms with Gasteiger partial charge in [-0.1, -0.05) is 26.2 Å². The van der Waals surface area contributed by atoms with Crippen molar-refractivity contribution in [2.75, 3.05) is 36.8 Å². The Kier molecular flexibility index (Phi) is 4.63. The van der Waals surface area contributed by atoms with Gasteiger partial charge < -0.3 is 10.6 Å². The van der Waals surface area contributed by atoms with Crippen LogP contribution >= 0.6 is 0 Å². The minimum atomic E-state index is 0.602. The van der Waals surface area contributed by atoms with Crippen molar-refractivity contribution in [1.29, 1.82) is 0 Å². The maximum absolute atomic E-state index is 5.66. The van der Waals surface area contributed by atoms with Crippen LogP contribution in [0.2, 0.25) is 0 Å². The maximum Gasteiger partial charge on any atom is 0.123 e. The van der Waals surface area contributed by atoms with Crippen LogP contribution in [0.25, 0.3) is 0 Å². The molecule has 2 aliphatic rings. The number of piperazine rings is 1. The molecule has 2 fully saturated rings. The molecule has 1 saturated carbocycles. The third-order valence-corrected chi connectivity index (χ3v) is 5.30. The molecule has 0 bridgehead atoms. The molecule has 2 N–H and O–H groups in total. The van der Waals surface area contributed by atoms with Crippen molar-refractivity contribution in [3.05, 3.63) is 18.3 Å². The minimum Gasteiger partial charge on any atom is -0.384 e. The SMILES string of the molecule is CCC1CCCC(N2CCN(c3ccc(N)nc3)CC2)C1. The molecule has 4 nitrogen and oxygen atoms in total. The van der Waals surface area contributed by atoms with Crippen LogP contribution in [0, 0.1) is 5.92 Å². The summed E-state index contributed by atoms with van der Waals surface area (Å²) >= 11 is 0. The number of aromatic nitrogens is 1. The van der Waals surface area contributed by atoms with Gasteiger partial charge in [0.05, 0.1) is 11.9 Å². The molecule has 4 heteroatoms. The molecule has 1 aromatic rings. The first-order valence-electron chi connectivity index (χ1n) is 8.46. The van der Waals surface area contributed by atoms with Crippen molar-refractivity contribution in [2.24, 2.45) is 5.92 Å². The first-order chi connectivity index (χ1) is 10.3. The fourth-order valence-electron chi connectivity index (χ4n) is 3.89. The second-order valence-corrected chi connectivity index (χ2v) is 6.56. The summed E-state index contributed by atoms with van der Waals surface area (Å²) in [7, 11) is 0. The Morgan fingerprint density at radius 2 is 2.00 bits per heavy atom. The Morgan fingerprint density at radius 1 is 1.19 bits per heavy atom. The first-order valence-corrected chi connectivity index (χ1v) is 8.46. The maximum atomic E-state index is 5.66. The highest BCUT2D eigenvalue weighted by Gasteiger charge is 2.28. The van der Waals surface area contributed by atoms with Gasteiger partial charge in [-0.3, -0.25) is 4.90 Å². The van der Waals surface area contributed by atoms with Gasteiger partial charge in [-0.15, -0.1) is 0 Å². The number of hydrogen-bond donors (Lipinski definition) is 1. The third kappa shape index (κ3) is 3.49. The highest BCUT2D eigenvalue weighted by Crippen LogP contribution is 2.30. The van der Waals surface area contributed by atoms with Crippen LogP contribution in [0.5, 0.6) is 0 Å². The Labute approximate surface area is 128 Å². The zero-order chi connectivity index (χ0) is 14.7. The molecule has 0 radical (unpaired) electrons. The molecule has 1 aromatic heterocycles. The molecule has 0 aromatic carbocycles. The van der Waals surface area contributed by atoms with Crippen LogP contribution in [0.4, 0.5) is 11.5 Å². The number of nitrogens with zero attached hydrogens (tertiary/aromatic N) is 3. The number of hydrogen-bond acceptors (Lipinski definition) is 4. The van der Waals surface area contributed by atoms with Crippen molar-refractivity contribution in [3.63, 3.8) is 0 Å². The second-order valence-electron chi connectivity index (χ2n) is 6.56. The van der Waals surface area contributed by atoms with E-state index in [0.29, 0.717) is 5.82 Å². The minimum absolute atomic E-state index is 0.602. The van der Waals surface area contributed by atoms with Crippen molar-refractivity contribution >= 4 is 11.5 Å². The Hall–Kier alpha value is -1.29. The number of nitrogens with two attached hydrogens (primary N) is 1. The summed E-state index contributed by atoms with van der Waals surface area (Å²) in [5.74, 6) is 1.56. The first kappa shape index (κ1) is 14.6. The molecule has 0 spiro atoms. The van der Waals surface area contributed by atoms with Gasteiger partial charge in [0.25, 0.3) is 0 Å². The van der Waals surface area contributed by atoms with E-state index in [9.17, 15) is 0 Å². The summed E-state index contributed by atoms with van der Waals surface area (Å²) in [4.78, 5) is 9.37. The van der Waals surface area contributed by atoms with E-state index < -0.39 is 0 Å². The quantitative estimate of drug-likeness (QED) is 0.929. The van der Waals surface area contributed by atoms with Crippen LogP contribution in [0.1, 0.15) is 39.0 Å². The lowest BCUT2D eigenvalue weighted by molar-refractivity contribution is 0.122. The van der Waals surface area contributed by atoms with Gasteiger partial charge in [0, 0.05) is 32.2 Å². The van der Waals surface area contributed by atoms with E-state index in [1.807, 2.05) is 12.3 Å². The Morgan fingerprint density at radius 3 is 2.67 bits per heavy atom. The molecule has 1 aliphatic heterocycles. The van der Waals surface area contributed by atoms with Crippen molar-refractivity contribution in [2.45, 2.75) is 45.1 Å². The highest BCUT2D eigenvalue weighted by molar-refractivity contribution is 5.48. The number of rotatable bonds is 3. The molecule has 2 atom stereocenters. The summed E-state index contributed by atoms with van der Waals surface area (Å²) in [6.07, 6.45) is 8.95. The molecular formula is C17H28N4. The van der Waals surface area contributed by atoms with Crippen molar-refractivity contribution in [3.8, 4) is 0 Å². The summed E-state index contributed by atoms with van der Waals surface area (Å²) in [5.41, 5.74) is 6.87. The molecule has 1 aliphatic carbocycles. The highest BCUT2D eigenvalue weighted by atomic mass is 15.3. The van der Waals surface area contributed by atoms with Crippen molar-refractivity contribution < 1.29 is 0 Å². The zero-order valence-corrected chi connectivity index (χ0v) is 13.2. The monoisotopic (exact) mass is 288 g/mol. The Balaban J connectivity index is 1.54. The van der Waals surface area contributed by atoms with Gasteiger partial charge in [-0.2, -0.15) is 0 Å². The van der Waals surface area contributed by atoms with Gasteiger partial charge in [0.2, 0.25) is 0 Å². The summed E-state index contributed by atoms with van der Waals surface area (Å²) in [6.45, 7) is 6.94. The summed E-state index contributed by atoms with van der Waals surface area (Å²) in [6, 6.07) is 4.82. The predicted molar refractivity (Wildman–Crippen MR) is 88.5 cm³/mol. The van der Waals surface area contributed by atoms with E-state index in [0.717, 1.165) is 25.0 Å². The van der Waals surface area contributed by atoms with Gasteiger partial charge in [0.15, 0.2) is 0 Å². The molecular weight excluding hydrogens is 260 g/mol. The lowest BCUT2D eigenvalue weighted by atomic mass is 9.83. The lowest BCUT2D eigenvalue weighted by Gasteiger charge is -2.43. The van der Waals surface area contributed by atoms with Crippen LogP contribution < -0.4 is 10.6 Å². The van der Waals surface area contributed by atoms with Crippen LogP contribution in [-0.4, -0.2) is 42.1 Å². The topological polar surface area (TPSA) is 45.4 Å². The molecule has 2 heterocycles. The molecule has 21 heavy (non-hydrogen) atoms. The predicted octanol–water partition coefficient (Wildman–Crippen LogP) is 2.75. The normalized spacial score (nSPS) is 27.8. The fraction of sp³-hybridized carbons (Fsp3) is 0.706. The standard InChI is InChI=1S/C17H28N4/c1-2-14-4-3-5-15(12-14)20-8-10-21(11-9-20)16-6-7-17(18)19-13-16/h6-7,13-15H,2-5,8-12H2,1H3,(H2,18,19). The van der Waals surface area contributed by atoms with Gasteiger partial charge in [-0.25, -0.2) is 4.98 Å². The van der Waals surface area contributed by atoms with E-state index >= 15 is 0 Å². The van der Waals surface area contributed by atoms with E-state index in [1.54, 1.807) is 0 Å². The smallest absolute Gasteiger partial charge is 0.123 e. The summed E-state index contributed by atoms with van der Waals surface area (Å²) in [5, 5.41) is 0. The van der Waals surface area contributed by atoms with E-state index in [2.05, 4.69) is 27.8 Å². The number of nitrogen functional groups attached to an aromatic ring is 1. The van der Waals surface area contributed by atoms with E-state index in [-0.39, 0.29) is 0 Å². The van der Waals surface area contributed by atoms with E-state index in [4.69, 9.17) is 5.73 Å². The molecule has 2 unspecified atom stereocenters. The van der Waals surface area contributed by atoms with Gasteiger partial charge in [0.1, 0.15) is 5.82 Å². The Bertz CT molecular complexity index is 437. The number of anilines is 2.